The Bertz CT molecular complexity index is 2700. The Hall–Kier alpha value is -6.38. The van der Waals surface area contributed by atoms with Crippen LogP contribution >= 0.6 is 0 Å². The fourth-order valence-corrected chi connectivity index (χ4v) is 9.71. The van der Waals surface area contributed by atoms with E-state index in [9.17, 15) is 0 Å². The van der Waals surface area contributed by atoms with Gasteiger partial charge in [0.05, 0.1) is 22.1 Å². The van der Waals surface area contributed by atoms with Crippen molar-refractivity contribution in [3.63, 3.8) is 0 Å². The SMILES string of the molecule is CC1CC=C(n2c3ccccc3c3ccccc32)C=C1c1ccc2c(c1Nc1ccccc1)C1(c3ccccc3-c3ccccc31)c1ccccc1-2. The van der Waals surface area contributed by atoms with Gasteiger partial charge in [-0.15, -0.1) is 0 Å². The van der Waals surface area contributed by atoms with Crippen LogP contribution in [-0.4, -0.2) is 4.57 Å². The van der Waals surface area contributed by atoms with Crippen molar-refractivity contribution in [1.82, 2.24) is 4.57 Å². The molecule has 7 aromatic carbocycles. The third-order valence-corrected chi connectivity index (χ3v) is 11.9. The second kappa shape index (κ2) is 11.1. The monoisotopic (exact) mass is 664 g/mol. The van der Waals surface area contributed by atoms with Crippen LogP contribution in [-0.2, 0) is 5.41 Å². The van der Waals surface area contributed by atoms with E-state index >= 15 is 0 Å². The van der Waals surface area contributed by atoms with E-state index in [1.54, 1.807) is 0 Å². The maximum atomic E-state index is 4.08. The summed E-state index contributed by atoms with van der Waals surface area (Å²) >= 11 is 0. The fraction of sp³-hybridized carbons (Fsp3) is 0.0800. The number of nitrogens with one attached hydrogen (secondary N) is 1. The molecule has 2 nitrogen and oxygen atoms in total. The predicted octanol–water partition coefficient (Wildman–Crippen LogP) is 12.8. The van der Waals surface area contributed by atoms with Gasteiger partial charge in [-0.2, -0.15) is 0 Å². The Labute approximate surface area is 304 Å². The average molecular weight is 665 g/mol. The third-order valence-electron chi connectivity index (χ3n) is 11.9. The van der Waals surface area contributed by atoms with Crippen LogP contribution in [0.4, 0.5) is 11.4 Å². The lowest BCUT2D eigenvalue weighted by Crippen LogP contribution is -2.27. The van der Waals surface area contributed by atoms with E-state index in [4.69, 9.17) is 0 Å². The van der Waals surface area contributed by atoms with Crippen LogP contribution < -0.4 is 5.32 Å². The van der Waals surface area contributed by atoms with E-state index < -0.39 is 5.41 Å². The molecule has 0 saturated heterocycles. The highest BCUT2D eigenvalue weighted by atomic mass is 15.0. The minimum absolute atomic E-state index is 0.328. The van der Waals surface area contributed by atoms with Gasteiger partial charge in [-0.3, -0.25) is 0 Å². The van der Waals surface area contributed by atoms with Crippen LogP contribution in [0.15, 0.2) is 176 Å². The summed E-state index contributed by atoms with van der Waals surface area (Å²) in [6, 6.07) is 60.4. The number of hydrogen-bond donors (Lipinski definition) is 1. The number of para-hydroxylation sites is 3. The van der Waals surface area contributed by atoms with E-state index in [1.807, 2.05) is 0 Å². The lowest BCUT2D eigenvalue weighted by atomic mass is 9.69. The number of hydrogen-bond acceptors (Lipinski definition) is 1. The number of allylic oxidation sites excluding steroid dienone is 4. The average Bonchev–Trinajstić information content (AvgIpc) is 3.81. The first-order chi connectivity index (χ1) is 25.7. The lowest BCUT2D eigenvalue weighted by Gasteiger charge is -2.34. The molecule has 52 heavy (non-hydrogen) atoms. The maximum Gasteiger partial charge on any atom is 0.0746 e. The Kier molecular flexibility index (Phi) is 6.24. The molecule has 2 heteroatoms. The molecule has 0 fully saturated rings. The largest absolute Gasteiger partial charge is 0.355 e. The van der Waals surface area contributed by atoms with Crippen LogP contribution in [0.3, 0.4) is 0 Å². The first-order valence-corrected chi connectivity index (χ1v) is 18.4. The molecule has 0 radical (unpaired) electrons. The predicted molar refractivity (Wildman–Crippen MR) is 218 cm³/mol. The molecule has 1 aromatic heterocycles. The fourth-order valence-electron chi connectivity index (χ4n) is 9.71. The molecule has 1 N–H and O–H groups in total. The zero-order valence-electron chi connectivity index (χ0n) is 29.0. The van der Waals surface area contributed by atoms with Crippen LogP contribution in [0.5, 0.6) is 0 Å². The Morgan fingerprint density at radius 2 is 1.02 bits per heavy atom. The molecule has 246 valence electrons. The van der Waals surface area contributed by atoms with Gasteiger partial charge in [0.2, 0.25) is 0 Å². The van der Waals surface area contributed by atoms with E-state index in [0.29, 0.717) is 5.92 Å². The first-order valence-electron chi connectivity index (χ1n) is 18.4. The summed E-state index contributed by atoms with van der Waals surface area (Å²) in [5.41, 5.74) is 18.8. The van der Waals surface area contributed by atoms with Crippen molar-refractivity contribution in [1.29, 1.82) is 0 Å². The van der Waals surface area contributed by atoms with Crippen molar-refractivity contribution in [3.05, 3.63) is 204 Å². The van der Waals surface area contributed by atoms with Gasteiger partial charge >= 0.3 is 0 Å². The molecule has 3 aliphatic carbocycles. The van der Waals surface area contributed by atoms with Crippen molar-refractivity contribution in [2.75, 3.05) is 5.32 Å². The van der Waals surface area contributed by atoms with Gasteiger partial charge in [0.15, 0.2) is 0 Å². The normalized spacial score (nSPS) is 16.3. The summed E-state index contributed by atoms with van der Waals surface area (Å²) in [7, 11) is 0. The Morgan fingerprint density at radius 1 is 0.519 bits per heavy atom. The minimum atomic E-state index is -0.462. The molecule has 0 aliphatic heterocycles. The molecule has 1 heterocycles. The second-order valence-corrected chi connectivity index (χ2v) is 14.5. The third kappa shape index (κ3) is 3.90. The summed E-state index contributed by atoms with van der Waals surface area (Å²) < 4.78 is 2.47. The molecule has 1 spiro atoms. The zero-order valence-corrected chi connectivity index (χ0v) is 29.0. The van der Waals surface area contributed by atoms with E-state index in [1.165, 1.54) is 88.8 Å². The number of nitrogens with zero attached hydrogens (tertiary/aromatic N) is 1. The first kappa shape index (κ1) is 29.4. The van der Waals surface area contributed by atoms with Crippen LogP contribution in [0.2, 0.25) is 0 Å². The highest BCUT2D eigenvalue weighted by Gasteiger charge is 2.53. The van der Waals surface area contributed by atoms with Crippen LogP contribution in [0.1, 0.15) is 41.2 Å². The summed E-state index contributed by atoms with van der Waals surface area (Å²) in [4.78, 5) is 0. The summed E-state index contributed by atoms with van der Waals surface area (Å²) in [5.74, 6) is 0.328. The summed E-state index contributed by atoms with van der Waals surface area (Å²) in [5, 5.41) is 6.65. The standard InChI is InChI=1S/C50H36N2/c1-32-27-28-34(52-46-25-13-8-20-38(46)39-21-9-14-26-47(39)52)31-42(32)41-30-29-40-37-19-7-12-24-45(37)50(48(40)49(41)51-33-15-3-2-4-16-33)43-22-10-5-17-35(43)36-18-6-11-23-44(36)50/h2-26,28-32,51H,27H2,1H3. The van der Waals surface area contributed by atoms with Gasteiger partial charge in [-0.25, -0.2) is 0 Å². The molecular weight excluding hydrogens is 629 g/mol. The zero-order chi connectivity index (χ0) is 34.4. The quantitative estimate of drug-likeness (QED) is 0.198. The van der Waals surface area contributed by atoms with Gasteiger partial charge in [-0.05, 0) is 87.2 Å². The van der Waals surface area contributed by atoms with Gasteiger partial charge in [0.1, 0.15) is 0 Å². The number of aromatic nitrogens is 1. The molecule has 11 rings (SSSR count). The van der Waals surface area contributed by atoms with E-state index in [2.05, 4.69) is 193 Å². The van der Waals surface area contributed by atoms with Crippen LogP contribution in [0.25, 0.3) is 55.3 Å². The molecule has 1 unspecified atom stereocenters. The van der Waals surface area contributed by atoms with Crippen molar-refractivity contribution >= 4 is 44.5 Å². The molecule has 8 aromatic rings. The lowest BCUT2D eigenvalue weighted by molar-refractivity contribution is 0.755. The second-order valence-electron chi connectivity index (χ2n) is 14.5. The molecule has 0 bridgehead atoms. The summed E-state index contributed by atoms with van der Waals surface area (Å²) in [6.07, 6.45) is 5.86. The van der Waals surface area contributed by atoms with Gasteiger partial charge < -0.3 is 9.88 Å². The molecular formula is C50H36N2. The van der Waals surface area contributed by atoms with E-state index in [0.717, 1.165) is 12.1 Å². The Morgan fingerprint density at radius 3 is 1.63 bits per heavy atom. The molecule has 3 aliphatic rings. The van der Waals surface area contributed by atoms with Crippen LogP contribution in [0, 0.1) is 5.92 Å². The molecule has 1 atom stereocenters. The van der Waals surface area contributed by atoms with Crippen molar-refractivity contribution < 1.29 is 0 Å². The van der Waals surface area contributed by atoms with Gasteiger partial charge in [-0.1, -0.05) is 153 Å². The van der Waals surface area contributed by atoms with E-state index in [-0.39, 0.29) is 0 Å². The smallest absolute Gasteiger partial charge is 0.0746 e. The highest BCUT2D eigenvalue weighted by Crippen LogP contribution is 2.65. The number of rotatable bonds is 4. The number of anilines is 2. The van der Waals surface area contributed by atoms with Crippen molar-refractivity contribution in [2.45, 2.75) is 18.8 Å². The van der Waals surface area contributed by atoms with Gasteiger partial charge in [0, 0.05) is 33.3 Å². The maximum absolute atomic E-state index is 4.08. The van der Waals surface area contributed by atoms with Crippen molar-refractivity contribution in [2.24, 2.45) is 5.92 Å². The molecule has 0 amide bonds. The Balaban J connectivity index is 1.22. The van der Waals surface area contributed by atoms with Gasteiger partial charge in [0.25, 0.3) is 0 Å². The topological polar surface area (TPSA) is 17.0 Å². The minimum Gasteiger partial charge on any atom is -0.355 e. The van der Waals surface area contributed by atoms with Crippen molar-refractivity contribution in [3.8, 4) is 22.3 Å². The number of benzene rings is 7. The summed E-state index contributed by atoms with van der Waals surface area (Å²) in [6.45, 7) is 2.38. The molecule has 0 saturated carbocycles. The highest BCUT2D eigenvalue weighted by molar-refractivity contribution is 6.11. The number of fused-ring (bicyclic) bond motifs is 13.